The summed E-state index contributed by atoms with van der Waals surface area (Å²) in [5, 5.41) is 121. The van der Waals surface area contributed by atoms with Gasteiger partial charge in [-0.25, -0.2) is 0 Å². The van der Waals surface area contributed by atoms with Crippen molar-refractivity contribution in [3.63, 3.8) is 0 Å². The molecule has 0 spiro atoms. The Morgan fingerprint density at radius 3 is 1.10 bits per heavy atom. The van der Waals surface area contributed by atoms with Crippen LogP contribution in [0.5, 0.6) is 0 Å². The summed E-state index contributed by atoms with van der Waals surface area (Å²) in [6.45, 7) is 1.70. The van der Waals surface area contributed by atoms with E-state index >= 15 is 0 Å². The van der Waals surface area contributed by atoms with Crippen molar-refractivity contribution < 1.29 is 89.4 Å². The molecule has 3 fully saturated rings. The topological polar surface area (TPSA) is 307 Å². The first-order valence-corrected chi connectivity index (χ1v) is 38.8. The zero-order valence-corrected chi connectivity index (χ0v) is 60.5. The Hall–Kier alpha value is -3.03. The molecule has 0 aromatic heterocycles. The number of unbranched alkanes of at least 4 members (excludes halogenated alkanes) is 30. The van der Waals surface area contributed by atoms with Gasteiger partial charge in [-0.1, -0.05) is 285 Å². The molecule has 3 rings (SSSR count). The zero-order valence-electron chi connectivity index (χ0n) is 60.5. The van der Waals surface area contributed by atoms with Gasteiger partial charge in [0.15, 0.2) is 18.9 Å². The molecular formula is C79H139NO18. The highest BCUT2D eigenvalue weighted by Crippen LogP contribution is 2.33. The van der Waals surface area contributed by atoms with Crippen LogP contribution in [0.15, 0.2) is 85.1 Å². The van der Waals surface area contributed by atoms with Gasteiger partial charge in [0.2, 0.25) is 5.91 Å². The molecule has 0 bridgehead atoms. The highest BCUT2D eigenvalue weighted by molar-refractivity contribution is 5.76. The number of allylic oxidation sites excluding steroid dienone is 14. The molecule has 568 valence electrons. The Morgan fingerprint density at radius 2 is 0.704 bits per heavy atom. The fourth-order valence-corrected chi connectivity index (χ4v) is 12.8. The minimum Gasteiger partial charge on any atom is -0.394 e. The number of carbonyl (C=O) groups excluding carboxylic acids is 1. The third-order valence-electron chi connectivity index (χ3n) is 19.0. The fraction of sp³-hybridized carbons (Fsp3) is 0.810. The van der Waals surface area contributed by atoms with Crippen molar-refractivity contribution in [2.75, 3.05) is 26.4 Å². The molecule has 0 aromatic carbocycles. The summed E-state index contributed by atoms with van der Waals surface area (Å²) in [7, 11) is 0. The number of hydrogen-bond donors (Lipinski definition) is 12. The predicted octanol–water partition coefficient (Wildman–Crippen LogP) is 12.2. The highest BCUT2D eigenvalue weighted by Gasteiger charge is 2.54. The van der Waals surface area contributed by atoms with E-state index < -0.39 is 124 Å². The lowest BCUT2D eigenvalue weighted by Crippen LogP contribution is -2.66. The van der Waals surface area contributed by atoms with Gasteiger partial charge < -0.3 is 89.9 Å². The van der Waals surface area contributed by atoms with Gasteiger partial charge in [-0.05, 0) is 70.6 Å². The molecule has 17 unspecified atom stereocenters. The van der Waals surface area contributed by atoms with Crippen LogP contribution in [-0.4, -0.2) is 193 Å². The molecule has 0 radical (unpaired) electrons. The molecule has 3 aliphatic rings. The molecule has 19 nitrogen and oxygen atoms in total. The molecule has 12 N–H and O–H groups in total. The van der Waals surface area contributed by atoms with Crippen molar-refractivity contribution in [2.24, 2.45) is 0 Å². The summed E-state index contributed by atoms with van der Waals surface area (Å²) >= 11 is 0. The quantitative estimate of drug-likeness (QED) is 0.0199. The highest BCUT2D eigenvalue weighted by atomic mass is 16.8. The molecule has 1 amide bonds. The van der Waals surface area contributed by atoms with E-state index in [0.29, 0.717) is 12.8 Å². The Kier molecular flexibility index (Phi) is 54.0. The summed E-state index contributed by atoms with van der Waals surface area (Å²) in [6, 6.07) is -0.895. The lowest BCUT2D eigenvalue weighted by Gasteiger charge is -2.48. The number of amides is 1. The lowest BCUT2D eigenvalue weighted by molar-refractivity contribution is -0.379. The minimum atomic E-state index is -1.98. The maximum Gasteiger partial charge on any atom is 0.220 e. The molecule has 19 heteroatoms. The van der Waals surface area contributed by atoms with Gasteiger partial charge in [0, 0.05) is 6.42 Å². The average Bonchev–Trinajstić information content (AvgIpc) is 0.782. The Labute approximate surface area is 590 Å². The second kappa shape index (κ2) is 59.4. The van der Waals surface area contributed by atoms with Crippen LogP contribution >= 0.6 is 0 Å². The van der Waals surface area contributed by atoms with Crippen LogP contribution in [0.3, 0.4) is 0 Å². The van der Waals surface area contributed by atoms with Crippen LogP contribution in [0.25, 0.3) is 0 Å². The number of ether oxygens (including phenoxy) is 6. The van der Waals surface area contributed by atoms with Crippen molar-refractivity contribution in [3.8, 4) is 0 Å². The maximum absolute atomic E-state index is 13.5. The van der Waals surface area contributed by atoms with Gasteiger partial charge in [-0.3, -0.25) is 4.79 Å². The molecular weight excluding hydrogens is 1250 g/mol. The van der Waals surface area contributed by atoms with Crippen molar-refractivity contribution in [1.29, 1.82) is 0 Å². The molecule has 3 saturated heterocycles. The third-order valence-corrected chi connectivity index (χ3v) is 19.0. The van der Waals surface area contributed by atoms with Crippen molar-refractivity contribution in [1.82, 2.24) is 5.32 Å². The van der Waals surface area contributed by atoms with Crippen molar-refractivity contribution in [2.45, 2.75) is 381 Å². The zero-order chi connectivity index (χ0) is 71.1. The van der Waals surface area contributed by atoms with Crippen LogP contribution < -0.4 is 5.32 Å². The Morgan fingerprint density at radius 1 is 0.378 bits per heavy atom. The lowest BCUT2D eigenvalue weighted by atomic mass is 9.96. The Bertz CT molecular complexity index is 2100. The molecule has 17 atom stereocenters. The van der Waals surface area contributed by atoms with Crippen LogP contribution in [-0.2, 0) is 33.2 Å². The monoisotopic (exact) mass is 1390 g/mol. The summed E-state index contributed by atoms with van der Waals surface area (Å²) in [5.74, 6) is -0.247. The molecule has 3 heterocycles. The first-order valence-electron chi connectivity index (χ1n) is 38.8. The summed E-state index contributed by atoms with van der Waals surface area (Å²) in [6.07, 6.45) is 50.8. The SMILES string of the molecule is CC/C=C\C/C=C\C/C=C\C/C=C\C/C=C\C/C=C\C/C=C\CCCCCCCCCCCCCC(=O)NC(COC1OC(CO)C(OC2OC(CO)C(OC3OC(CO)C(O)C(O)C3O)C(O)C2O)C(O)C1O)C(O)CCCCCCCCCCCCCCCCCCCCCC. The summed E-state index contributed by atoms with van der Waals surface area (Å²) in [5.41, 5.74) is 0. The summed E-state index contributed by atoms with van der Waals surface area (Å²) < 4.78 is 34.5. The van der Waals surface area contributed by atoms with Gasteiger partial charge in [0.05, 0.1) is 38.6 Å². The van der Waals surface area contributed by atoms with E-state index in [2.05, 4.69) is 104 Å². The first kappa shape index (κ1) is 89.2. The van der Waals surface area contributed by atoms with E-state index in [0.717, 1.165) is 96.3 Å². The predicted molar refractivity (Wildman–Crippen MR) is 388 cm³/mol. The van der Waals surface area contributed by atoms with E-state index in [-0.39, 0.29) is 18.9 Å². The first-order chi connectivity index (χ1) is 47.8. The van der Waals surface area contributed by atoms with E-state index in [1.54, 1.807) is 0 Å². The van der Waals surface area contributed by atoms with E-state index in [9.17, 15) is 61.0 Å². The van der Waals surface area contributed by atoms with Crippen LogP contribution in [0.1, 0.15) is 277 Å². The van der Waals surface area contributed by atoms with Gasteiger partial charge in [0.1, 0.15) is 73.2 Å². The molecule has 0 saturated carbocycles. The maximum atomic E-state index is 13.5. The standard InChI is InChI=1S/C79H139NO18/c1-3-5-7-9-11-13-15-17-19-21-23-25-26-27-28-29-30-31-32-33-34-35-36-37-39-41-43-45-47-49-51-53-55-57-67(85)80-62(63(84)56-54-52-50-48-46-44-42-40-38-24-22-20-18-16-14-12-10-8-6-4-2)61-93-77-73(91)70(88)75(65(59-82)95-77)98-79-74(92)71(89)76(66(60-83)96-79)97-78-72(90)69(87)68(86)64(58-81)94-78/h5,7,11,13,17,19,23,25,27-28,30-31,33-34,62-66,68-79,81-84,86-92H,3-4,6,8-10,12,14-16,18,20-22,24,26,29,32,35-61H2,1-2H3,(H,80,85)/b7-5-,13-11-,19-17-,25-23-,28-27-,31-30-,34-33-. The van der Waals surface area contributed by atoms with E-state index in [1.807, 2.05) is 0 Å². The number of nitrogens with one attached hydrogen (secondary N) is 1. The number of aliphatic hydroxyl groups is 11. The van der Waals surface area contributed by atoms with Gasteiger partial charge >= 0.3 is 0 Å². The minimum absolute atomic E-state index is 0.247. The van der Waals surface area contributed by atoms with Crippen molar-refractivity contribution in [3.05, 3.63) is 85.1 Å². The van der Waals surface area contributed by atoms with Gasteiger partial charge in [-0.2, -0.15) is 0 Å². The largest absolute Gasteiger partial charge is 0.394 e. The molecule has 0 aromatic rings. The molecule has 3 aliphatic heterocycles. The fourth-order valence-electron chi connectivity index (χ4n) is 12.8. The number of rotatable bonds is 60. The van der Waals surface area contributed by atoms with Gasteiger partial charge in [-0.15, -0.1) is 0 Å². The average molecular weight is 1390 g/mol. The number of carbonyl (C=O) groups is 1. The van der Waals surface area contributed by atoms with E-state index in [1.165, 1.54) is 148 Å². The second-order valence-corrected chi connectivity index (χ2v) is 27.4. The van der Waals surface area contributed by atoms with Crippen molar-refractivity contribution >= 4 is 5.91 Å². The van der Waals surface area contributed by atoms with Crippen LogP contribution in [0.4, 0.5) is 0 Å². The summed E-state index contributed by atoms with van der Waals surface area (Å²) in [4.78, 5) is 13.5. The van der Waals surface area contributed by atoms with E-state index in [4.69, 9.17) is 28.4 Å². The smallest absolute Gasteiger partial charge is 0.220 e. The molecule has 98 heavy (non-hydrogen) atoms. The number of aliphatic hydroxyl groups excluding tert-OH is 11. The van der Waals surface area contributed by atoms with Crippen LogP contribution in [0, 0.1) is 0 Å². The number of hydrogen-bond acceptors (Lipinski definition) is 18. The third kappa shape index (κ3) is 39.6. The molecule has 0 aliphatic carbocycles. The van der Waals surface area contributed by atoms with Crippen LogP contribution in [0.2, 0.25) is 0 Å². The normalized spacial score (nSPS) is 27.2. The van der Waals surface area contributed by atoms with Gasteiger partial charge in [0.25, 0.3) is 0 Å². The Balaban J connectivity index is 1.37. The second-order valence-electron chi connectivity index (χ2n) is 27.4.